The van der Waals surface area contributed by atoms with E-state index in [0.717, 1.165) is 40.4 Å². The number of phenolic OH excluding ortho intramolecular Hbond substituents is 1. The Morgan fingerprint density at radius 3 is 2.68 bits per heavy atom. The van der Waals surface area contributed by atoms with Crippen LogP contribution in [0.25, 0.3) is 0 Å². The molecule has 0 spiro atoms. The standard InChI is InChI=1S/C18H15N3O6S/c1-10-4-2-3-5-13(10)20-17(24)15(28-18(20)25)9-16(23)19-12-8-11(21(26)27)6-7-14(12)22/h2-8,15,22H,9H2,1H3,(H,19,23). The zero-order chi connectivity index (χ0) is 20.4. The van der Waals surface area contributed by atoms with Gasteiger partial charge in [0.05, 0.1) is 16.3 Å². The molecule has 10 heteroatoms. The monoisotopic (exact) mass is 401 g/mol. The average Bonchev–Trinajstić information content (AvgIpc) is 2.90. The van der Waals surface area contributed by atoms with Crippen LogP contribution >= 0.6 is 11.8 Å². The number of thioether (sulfide) groups is 1. The number of nitro benzene ring substituents is 1. The number of aromatic hydroxyl groups is 1. The van der Waals surface area contributed by atoms with E-state index in [9.17, 15) is 29.6 Å². The van der Waals surface area contributed by atoms with Crippen LogP contribution in [0, 0.1) is 17.0 Å². The van der Waals surface area contributed by atoms with E-state index in [1.807, 2.05) is 0 Å². The molecule has 1 unspecified atom stereocenters. The van der Waals surface area contributed by atoms with Crippen LogP contribution in [0.2, 0.25) is 0 Å². The number of phenols is 1. The number of carbonyl (C=O) groups excluding carboxylic acids is 3. The minimum absolute atomic E-state index is 0.142. The van der Waals surface area contributed by atoms with E-state index < -0.39 is 27.2 Å². The lowest BCUT2D eigenvalue weighted by atomic mass is 10.1. The van der Waals surface area contributed by atoms with Crippen molar-refractivity contribution < 1.29 is 24.4 Å². The van der Waals surface area contributed by atoms with Gasteiger partial charge in [-0.25, -0.2) is 4.90 Å². The molecule has 1 atom stereocenters. The fraction of sp³-hybridized carbons (Fsp3) is 0.167. The Bertz CT molecular complexity index is 993. The maximum absolute atomic E-state index is 12.6. The molecule has 1 aliphatic heterocycles. The molecule has 2 aromatic carbocycles. The van der Waals surface area contributed by atoms with Gasteiger partial charge >= 0.3 is 0 Å². The van der Waals surface area contributed by atoms with Crippen LogP contribution in [0.3, 0.4) is 0 Å². The third-order valence-electron chi connectivity index (χ3n) is 4.11. The van der Waals surface area contributed by atoms with Gasteiger partial charge in [0.1, 0.15) is 11.0 Å². The van der Waals surface area contributed by atoms with E-state index in [2.05, 4.69) is 5.32 Å². The van der Waals surface area contributed by atoms with Crippen molar-refractivity contribution in [3.8, 4) is 5.75 Å². The summed E-state index contributed by atoms with van der Waals surface area (Å²) in [4.78, 5) is 48.4. The number of para-hydroxylation sites is 1. The van der Waals surface area contributed by atoms with Gasteiger partial charge in [-0.2, -0.15) is 0 Å². The number of hydrogen-bond donors (Lipinski definition) is 2. The minimum atomic E-state index is -0.923. The summed E-state index contributed by atoms with van der Waals surface area (Å²) in [6, 6.07) is 10.1. The number of nitrogens with one attached hydrogen (secondary N) is 1. The Kier molecular flexibility index (Phi) is 5.32. The molecular formula is C18H15N3O6S. The third-order valence-corrected chi connectivity index (χ3v) is 5.15. The molecule has 0 bridgehead atoms. The Labute approximate surface area is 163 Å². The highest BCUT2D eigenvalue weighted by Crippen LogP contribution is 2.35. The number of rotatable bonds is 5. The van der Waals surface area contributed by atoms with Gasteiger partial charge in [-0.15, -0.1) is 0 Å². The molecule has 1 fully saturated rings. The van der Waals surface area contributed by atoms with E-state index >= 15 is 0 Å². The maximum atomic E-state index is 12.6. The summed E-state index contributed by atoms with van der Waals surface area (Å²) in [6.45, 7) is 1.77. The van der Waals surface area contributed by atoms with Crippen molar-refractivity contribution in [1.82, 2.24) is 0 Å². The van der Waals surface area contributed by atoms with Gasteiger partial charge in [-0.1, -0.05) is 18.2 Å². The Hall–Kier alpha value is -3.40. The molecular weight excluding hydrogens is 386 g/mol. The SMILES string of the molecule is Cc1ccccc1N1C(=O)SC(CC(=O)Nc2cc([N+](=O)[O-])ccc2O)C1=O. The summed E-state index contributed by atoms with van der Waals surface area (Å²) in [5, 5.41) is 21.5. The largest absolute Gasteiger partial charge is 0.506 e. The van der Waals surface area contributed by atoms with Crippen LogP contribution in [0.15, 0.2) is 42.5 Å². The van der Waals surface area contributed by atoms with Crippen molar-refractivity contribution in [3.05, 3.63) is 58.1 Å². The van der Waals surface area contributed by atoms with Gasteiger partial charge in [-0.3, -0.25) is 24.5 Å². The minimum Gasteiger partial charge on any atom is -0.506 e. The van der Waals surface area contributed by atoms with E-state index in [1.54, 1.807) is 31.2 Å². The van der Waals surface area contributed by atoms with Gasteiger partial charge in [0.2, 0.25) is 11.8 Å². The zero-order valence-corrected chi connectivity index (χ0v) is 15.4. The molecule has 1 saturated heterocycles. The number of non-ortho nitro benzene ring substituents is 1. The molecule has 28 heavy (non-hydrogen) atoms. The molecule has 0 radical (unpaired) electrons. The van der Waals surface area contributed by atoms with Crippen LogP contribution in [0.1, 0.15) is 12.0 Å². The Morgan fingerprint density at radius 1 is 1.29 bits per heavy atom. The Morgan fingerprint density at radius 2 is 2.00 bits per heavy atom. The van der Waals surface area contributed by atoms with Crippen LogP contribution < -0.4 is 10.2 Å². The van der Waals surface area contributed by atoms with Crippen molar-refractivity contribution in [2.45, 2.75) is 18.6 Å². The number of benzene rings is 2. The van der Waals surface area contributed by atoms with Crippen molar-refractivity contribution in [1.29, 1.82) is 0 Å². The number of nitro groups is 1. The first-order chi connectivity index (χ1) is 13.3. The number of nitrogens with zero attached hydrogens (tertiary/aromatic N) is 2. The number of anilines is 2. The quantitative estimate of drug-likeness (QED) is 0.447. The summed E-state index contributed by atoms with van der Waals surface area (Å²) in [5.41, 5.74) is 0.762. The summed E-state index contributed by atoms with van der Waals surface area (Å²) >= 11 is 0.742. The van der Waals surface area contributed by atoms with Crippen molar-refractivity contribution in [2.24, 2.45) is 0 Å². The molecule has 2 aromatic rings. The second-order valence-electron chi connectivity index (χ2n) is 6.04. The number of amides is 3. The average molecular weight is 401 g/mol. The fourth-order valence-corrected chi connectivity index (χ4v) is 3.70. The molecule has 0 aliphatic carbocycles. The summed E-state index contributed by atoms with van der Waals surface area (Å²) in [7, 11) is 0. The number of hydrogen-bond acceptors (Lipinski definition) is 7. The van der Waals surface area contributed by atoms with Crippen LogP contribution in [-0.4, -0.2) is 32.3 Å². The van der Waals surface area contributed by atoms with Crippen molar-refractivity contribution in [3.63, 3.8) is 0 Å². The predicted molar refractivity (Wildman–Crippen MR) is 103 cm³/mol. The highest BCUT2D eigenvalue weighted by atomic mass is 32.2. The second-order valence-corrected chi connectivity index (χ2v) is 7.20. The summed E-state index contributed by atoms with van der Waals surface area (Å²) < 4.78 is 0. The summed E-state index contributed by atoms with van der Waals surface area (Å²) in [5.74, 6) is -1.51. The molecule has 0 saturated carbocycles. The molecule has 0 aromatic heterocycles. The van der Waals surface area contributed by atoms with Gasteiger partial charge < -0.3 is 10.4 Å². The maximum Gasteiger partial charge on any atom is 0.293 e. The topological polar surface area (TPSA) is 130 Å². The van der Waals surface area contributed by atoms with E-state index in [1.165, 1.54) is 0 Å². The highest BCUT2D eigenvalue weighted by Gasteiger charge is 2.42. The summed E-state index contributed by atoms with van der Waals surface area (Å²) in [6.07, 6.45) is -0.320. The molecule has 144 valence electrons. The zero-order valence-electron chi connectivity index (χ0n) is 14.6. The highest BCUT2D eigenvalue weighted by molar-refractivity contribution is 8.15. The lowest BCUT2D eigenvalue weighted by Crippen LogP contribution is -2.33. The van der Waals surface area contributed by atoms with Gasteiger partial charge in [0.25, 0.3) is 10.9 Å². The van der Waals surface area contributed by atoms with E-state index in [-0.39, 0.29) is 23.5 Å². The van der Waals surface area contributed by atoms with Gasteiger partial charge in [0.15, 0.2) is 0 Å². The molecule has 3 amide bonds. The van der Waals surface area contributed by atoms with Crippen molar-refractivity contribution in [2.75, 3.05) is 10.2 Å². The van der Waals surface area contributed by atoms with Crippen LogP contribution in [-0.2, 0) is 9.59 Å². The first-order valence-electron chi connectivity index (χ1n) is 8.15. The van der Waals surface area contributed by atoms with E-state index in [4.69, 9.17) is 0 Å². The first kappa shape index (κ1) is 19.4. The van der Waals surface area contributed by atoms with Crippen LogP contribution in [0.4, 0.5) is 21.9 Å². The van der Waals surface area contributed by atoms with Gasteiger partial charge in [-0.05, 0) is 36.4 Å². The number of imide groups is 1. The van der Waals surface area contributed by atoms with Crippen LogP contribution in [0.5, 0.6) is 5.75 Å². The number of aryl methyl sites for hydroxylation is 1. The van der Waals surface area contributed by atoms with E-state index in [0.29, 0.717) is 5.69 Å². The molecule has 9 nitrogen and oxygen atoms in total. The lowest BCUT2D eigenvalue weighted by Gasteiger charge is -2.16. The number of carbonyl (C=O) groups is 3. The predicted octanol–water partition coefficient (Wildman–Crippen LogP) is 3.21. The lowest BCUT2D eigenvalue weighted by molar-refractivity contribution is -0.384. The first-order valence-corrected chi connectivity index (χ1v) is 9.03. The smallest absolute Gasteiger partial charge is 0.293 e. The molecule has 1 heterocycles. The molecule has 3 rings (SSSR count). The Balaban J connectivity index is 1.73. The molecule has 1 aliphatic rings. The second kappa shape index (κ2) is 7.69. The van der Waals surface area contributed by atoms with Gasteiger partial charge in [0, 0.05) is 18.6 Å². The molecule has 2 N–H and O–H groups in total. The normalized spacial score (nSPS) is 16.3. The fourth-order valence-electron chi connectivity index (χ4n) is 2.73. The van der Waals surface area contributed by atoms with Crippen molar-refractivity contribution >= 4 is 45.9 Å². The third kappa shape index (κ3) is 3.81.